The molecule has 2 amide bonds. The maximum atomic E-state index is 12.3. The molecule has 7 heteroatoms. The van der Waals surface area contributed by atoms with E-state index >= 15 is 0 Å². The molecular formula is C26H24N2O5. The number of aryl methyl sites for hydroxylation is 1. The number of carboxylic acid groups (broad SMARTS) is 1. The molecular weight excluding hydrogens is 420 g/mol. The summed E-state index contributed by atoms with van der Waals surface area (Å²) in [6.45, 7) is 1.71. The largest absolute Gasteiger partial charge is 0.478 e. The van der Waals surface area contributed by atoms with Crippen LogP contribution in [0.1, 0.15) is 39.9 Å². The number of anilines is 1. The summed E-state index contributed by atoms with van der Waals surface area (Å²) in [5.41, 5.74) is 5.49. The zero-order chi connectivity index (χ0) is 23.4. The highest BCUT2D eigenvalue weighted by Gasteiger charge is 2.29. The molecule has 0 unspecified atom stereocenters. The zero-order valence-corrected chi connectivity index (χ0v) is 18.1. The summed E-state index contributed by atoms with van der Waals surface area (Å²) in [7, 11) is 0. The standard InChI is InChI=1S/C26H24N2O5/c1-2-16-11-12-23(21(13-16)25(30)31)28-24(29)14-27-26(32)33-15-22-19-9-5-3-7-17(19)18-8-4-6-10-20(18)22/h3-13,22H,2,14-15H2,1H3,(H,27,32)(H,28,29)(H,30,31). The lowest BCUT2D eigenvalue weighted by Crippen LogP contribution is -2.34. The summed E-state index contributed by atoms with van der Waals surface area (Å²) in [6, 6.07) is 20.9. The van der Waals surface area contributed by atoms with Gasteiger partial charge >= 0.3 is 12.1 Å². The van der Waals surface area contributed by atoms with E-state index in [1.165, 1.54) is 6.07 Å². The first-order chi connectivity index (χ1) is 16.0. The smallest absolute Gasteiger partial charge is 0.407 e. The van der Waals surface area contributed by atoms with E-state index in [0.717, 1.165) is 27.8 Å². The van der Waals surface area contributed by atoms with Crippen LogP contribution in [0.4, 0.5) is 10.5 Å². The maximum Gasteiger partial charge on any atom is 0.407 e. The molecule has 0 radical (unpaired) electrons. The number of amides is 2. The van der Waals surface area contributed by atoms with E-state index in [4.69, 9.17) is 4.74 Å². The van der Waals surface area contributed by atoms with Crippen LogP contribution in [0.5, 0.6) is 0 Å². The third kappa shape index (κ3) is 4.72. The number of carbonyl (C=O) groups excluding carboxylic acids is 2. The van der Waals surface area contributed by atoms with Crippen molar-refractivity contribution in [2.75, 3.05) is 18.5 Å². The minimum atomic E-state index is -1.13. The Kier molecular flexibility index (Phi) is 6.40. The van der Waals surface area contributed by atoms with Crippen molar-refractivity contribution in [2.45, 2.75) is 19.3 Å². The molecule has 4 rings (SSSR count). The predicted molar refractivity (Wildman–Crippen MR) is 124 cm³/mol. The van der Waals surface area contributed by atoms with E-state index in [-0.39, 0.29) is 30.3 Å². The van der Waals surface area contributed by atoms with Gasteiger partial charge in [0.1, 0.15) is 13.2 Å². The van der Waals surface area contributed by atoms with Gasteiger partial charge in [0, 0.05) is 5.92 Å². The Labute approximate surface area is 191 Å². The maximum absolute atomic E-state index is 12.3. The fourth-order valence-electron chi connectivity index (χ4n) is 4.09. The van der Waals surface area contributed by atoms with Crippen molar-refractivity contribution in [3.05, 3.63) is 89.0 Å². The second-order valence-corrected chi connectivity index (χ2v) is 7.77. The van der Waals surface area contributed by atoms with Crippen LogP contribution in [-0.4, -0.2) is 36.2 Å². The van der Waals surface area contributed by atoms with Crippen LogP contribution in [0.15, 0.2) is 66.7 Å². The van der Waals surface area contributed by atoms with E-state index in [0.29, 0.717) is 6.42 Å². The van der Waals surface area contributed by atoms with Crippen LogP contribution in [0.2, 0.25) is 0 Å². The Morgan fingerprint density at radius 1 is 0.939 bits per heavy atom. The number of hydrogen-bond donors (Lipinski definition) is 3. The van der Waals surface area contributed by atoms with E-state index < -0.39 is 18.0 Å². The molecule has 0 saturated heterocycles. The fraction of sp³-hybridized carbons (Fsp3) is 0.192. The molecule has 0 atom stereocenters. The molecule has 0 heterocycles. The number of carboxylic acids is 1. The van der Waals surface area contributed by atoms with Crippen LogP contribution in [0.3, 0.4) is 0 Å². The van der Waals surface area contributed by atoms with Crippen LogP contribution < -0.4 is 10.6 Å². The molecule has 3 aromatic rings. The first-order valence-electron chi connectivity index (χ1n) is 10.7. The topological polar surface area (TPSA) is 105 Å². The number of ether oxygens (including phenoxy) is 1. The van der Waals surface area contributed by atoms with Crippen molar-refractivity contribution < 1.29 is 24.2 Å². The number of alkyl carbamates (subject to hydrolysis) is 1. The Bertz CT molecular complexity index is 1180. The van der Waals surface area contributed by atoms with Crippen LogP contribution in [0, 0.1) is 0 Å². The lowest BCUT2D eigenvalue weighted by atomic mass is 9.98. The summed E-state index contributed by atoms with van der Waals surface area (Å²) in [5.74, 6) is -1.76. The molecule has 0 spiro atoms. The molecule has 3 aromatic carbocycles. The number of fused-ring (bicyclic) bond motifs is 3. The summed E-state index contributed by atoms with van der Waals surface area (Å²) >= 11 is 0. The van der Waals surface area contributed by atoms with Crippen molar-refractivity contribution in [3.8, 4) is 11.1 Å². The molecule has 33 heavy (non-hydrogen) atoms. The molecule has 0 aliphatic heterocycles. The van der Waals surface area contributed by atoms with E-state index in [2.05, 4.69) is 22.8 Å². The molecule has 0 bridgehead atoms. The molecule has 3 N–H and O–H groups in total. The predicted octanol–water partition coefficient (Wildman–Crippen LogP) is 4.42. The van der Waals surface area contributed by atoms with Crippen molar-refractivity contribution in [1.29, 1.82) is 0 Å². The second-order valence-electron chi connectivity index (χ2n) is 7.77. The van der Waals surface area contributed by atoms with E-state index in [1.54, 1.807) is 12.1 Å². The zero-order valence-electron chi connectivity index (χ0n) is 18.1. The van der Waals surface area contributed by atoms with Gasteiger partial charge in [0.2, 0.25) is 5.91 Å². The summed E-state index contributed by atoms with van der Waals surface area (Å²) in [6.07, 6.45) is -0.0375. The van der Waals surface area contributed by atoms with Crippen molar-refractivity contribution in [2.24, 2.45) is 0 Å². The van der Waals surface area contributed by atoms with Gasteiger partial charge in [0.15, 0.2) is 0 Å². The first kappa shape index (κ1) is 22.1. The summed E-state index contributed by atoms with van der Waals surface area (Å²) < 4.78 is 5.41. The molecule has 1 aliphatic rings. The molecule has 168 valence electrons. The van der Waals surface area contributed by atoms with E-state index in [9.17, 15) is 19.5 Å². The van der Waals surface area contributed by atoms with Gasteiger partial charge < -0.3 is 20.5 Å². The molecule has 7 nitrogen and oxygen atoms in total. The van der Waals surface area contributed by atoms with Crippen LogP contribution >= 0.6 is 0 Å². The van der Waals surface area contributed by atoms with E-state index in [1.807, 2.05) is 43.3 Å². The number of nitrogens with one attached hydrogen (secondary N) is 2. The fourth-order valence-corrected chi connectivity index (χ4v) is 4.09. The molecule has 0 aromatic heterocycles. The van der Waals surface area contributed by atoms with Gasteiger partial charge in [0.05, 0.1) is 11.3 Å². The lowest BCUT2D eigenvalue weighted by Gasteiger charge is -2.15. The lowest BCUT2D eigenvalue weighted by molar-refractivity contribution is -0.115. The second kappa shape index (κ2) is 9.56. The average Bonchev–Trinajstić information content (AvgIpc) is 3.15. The van der Waals surface area contributed by atoms with Gasteiger partial charge in [-0.1, -0.05) is 61.5 Å². The summed E-state index contributed by atoms with van der Waals surface area (Å²) in [5, 5.41) is 14.3. The first-order valence-corrected chi connectivity index (χ1v) is 10.7. The number of aromatic carboxylic acids is 1. The minimum Gasteiger partial charge on any atom is -0.478 e. The average molecular weight is 444 g/mol. The number of hydrogen-bond acceptors (Lipinski definition) is 4. The Balaban J connectivity index is 1.34. The molecule has 0 saturated carbocycles. The third-order valence-electron chi connectivity index (χ3n) is 5.73. The van der Waals surface area contributed by atoms with Gasteiger partial charge in [-0.2, -0.15) is 0 Å². The van der Waals surface area contributed by atoms with Gasteiger partial charge in [-0.05, 0) is 46.4 Å². The number of rotatable bonds is 7. The van der Waals surface area contributed by atoms with Crippen molar-refractivity contribution in [1.82, 2.24) is 5.32 Å². The molecule has 0 fully saturated rings. The highest BCUT2D eigenvalue weighted by molar-refractivity contribution is 6.01. The highest BCUT2D eigenvalue weighted by Crippen LogP contribution is 2.44. The molecule has 1 aliphatic carbocycles. The summed E-state index contributed by atoms with van der Waals surface area (Å²) in [4.78, 5) is 36.0. The SMILES string of the molecule is CCc1ccc(NC(=O)CNC(=O)OCC2c3ccccc3-c3ccccc32)c(C(=O)O)c1. The third-order valence-corrected chi connectivity index (χ3v) is 5.73. The van der Waals surface area contributed by atoms with Crippen molar-refractivity contribution in [3.63, 3.8) is 0 Å². The van der Waals surface area contributed by atoms with Crippen molar-refractivity contribution >= 4 is 23.7 Å². The quantitative estimate of drug-likeness (QED) is 0.500. The minimum absolute atomic E-state index is 0.00356. The Hall–Kier alpha value is -4.13. The van der Waals surface area contributed by atoms with Crippen LogP contribution in [0.25, 0.3) is 11.1 Å². The van der Waals surface area contributed by atoms with Crippen LogP contribution in [-0.2, 0) is 16.0 Å². The van der Waals surface area contributed by atoms with Gasteiger partial charge in [-0.3, -0.25) is 4.79 Å². The Morgan fingerprint density at radius 2 is 1.58 bits per heavy atom. The number of carbonyl (C=O) groups is 3. The highest BCUT2D eigenvalue weighted by atomic mass is 16.5. The number of benzene rings is 3. The van der Waals surface area contributed by atoms with Gasteiger partial charge in [0.25, 0.3) is 0 Å². The van der Waals surface area contributed by atoms with Gasteiger partial charge in [-0.15, -0.1) is 0 Å². The monoisotopic (exact) mass is 444 g/mol. The normalized spacial score (nSPS) is 11.9. The van der Waals surface area contributed by atoms with Gasteiger partial charge in [-0.25, -0.2) is 9.59 Å². The Morgan fingerprint density at radius 3 is 2.18 bits per heavy atom.